The number of H-pyrrole nitrogens is 1. The first-order valence-electron chi connectivity index (χ1n) is 7.19. The SMILES string of the molecule is Cc1[nH]ccc1C(=O)NC(c1ccccn1)C1CC(O)C1. The number of carbonyl (C=O) groups excluding carboxylic acids is 1. The van der Waals surface area contributed by atoms with Gasteiger partial charge in [-0.25, -0.2) is 0 Å². The molecule has 1 amide bonds. The van der Waals surface area contributed by atoms with Crippen LogP contribution in [0.3, 0.4) is 0 Å². The van der Waals surface area contributed by atoms with Crippen molar-refractivity contribution in [1.82, 2.24) is 15.3 Å². The van der Waals surface area contributed by atoms with E-state index in [0.29, 0.717) is 18.4 Å². The Morgan fingerprint density at radius 3 is 2.81 bits per heavy atom. The number of aromatic amines is 1. The van der Waals surface area contributed by atoms with Crippen molar-refractivity contribution in [2.75, 3.05) is 0 Å². The molecule has 1 saturated carbocycles. The number of aliphatic hydroxyl groups is 1. The minimum Gasteiger partial charge on any atom is -0.393 e. The Hall–Kier alpha value is -2.14. The maximum atomic E-state index is 12.4. The summed E-state index contributed by atoms with van der Waals surface area (Å²) in [7, 11) is 0. The highest BCUT2D eigenvalue weighted by Gasteiger charge is 2.36. The van der Waals surface area contributed by atoms with Crippen LogP contribution in [0.4, 0.5) is 0 Å². The average molecular weight is 285 g/mol. The Bertz CT molecular complexity index is 617. The number of hydrogen-bond donors (Lipinski definition) is 3. The molecule has 0 aromatic carbocycles. The van der Waals surface area contributed by atoms with Gasteiger partial charge in [-0.3, -0.25) is 9.78 Å². The number of nitrogens with one attached hydrogen (secondary N) is 2. The first-order chi connectivity index (χ1) is 10.1. The molecule has 5 nitrogen and oxygen atoms in total. The molecule has 0 radical (unpaired) electrons. The fourth-order valence-electron chi connectivity index (χ4n) is 2.81. The highest BCUT2D eigenvalue weighted by atomic mass is 16.3. The van der Waals surface area contributed by atoms with Crippen LogP contribution in [0, 0.1) is 12.8 Å². The second kappa shape index (κ2) is 5.69. The molecule has 3 N–H and O–H groups in total. The molecule has 1 fully saturated rings. The highest BCUT2D eigenvalue weighted by molar-refractivity contribution is 5.95. The minimum atomic E-state index is -0.257. The number of nitrogens with zero attached hydrogens (tertiary/aromatic N) is 1. The molecule has 5 heteroatoms. The van der Waals surface area contributed by atoms with Crippen LogP contribution < -0.4 is 5.32 Å². The summed E-state index contributed by atoms with van der Waals surface area (Å²) in [5, 5.41) is 12.6. The van der Waals surface area contributed by atoms with Crippen molar-refractivity contribution in [1.29, 1.82) is 0 Å². The molecule has 110 valence electrons. The Balaban J connectivity index is 1.80. The first-order valence-corrected chi connectivity index (χ1v) is 7.19. The van der Waals surface area contributed by atoms with Crippen molar-refractivity contribution in [3.63, 3.8) is 0 Å². The van der Waals surface area contributed by atoms with Crippen molar-refractivity contribution < 1.29 is 9.90 Å². The lowest BCUT2D eigenvalue weighted by Crippen LogP contribution is -2.41. The van der Waals surface area contributed by atoms with Gasteiger partial charge in [0.25, 0.3) is 5.91 Å². The van der Waals surface area contributed by atoms with Crippen molar-refractivity contribution in [3.8, 4) is 0 Å². The number of aliphatic hydroxyl groups excluding tert-OH is 1. The van der Waals surface area contributed by atoms with Crippen LogP contribution in [0.25, 0.3) is 0 Å². The lowest BCUT2D eigenvalue weighted by atomic mass is 9.76. The zero-order valence-electron chi connectivity index (χ0n) is 11.9. The first kappa shape index (κ1) is 13.8. The molecule has 0 saturated heterocycles. The fraction of sp³-hybridized carbons (Fsp3) is 0.375. The molecule has 1 atom stereocenters. The largest absolute Gasteiger partial charge is 0.393 e. The van der Waals surface area contributed by atoms with E-state index >= 15 is 0 Å². The maximum absolute atomic E-state index is 12.4. The van der Waals surface area contributed by atoms with Gasteiger partial charge in [0, 0.05) is 18.1 Å². The van der Waals surface area contributed by atoms with Crippen LogP contribution in [0.5, 0.6) is 0 Å². The Morgan fingerprint density at radius 1 is 1.43 bits per heavy atom. The van der Waals surface area contributed by atoms with Gasteiger partial charge in [-0.15, -0.1) is 0 Å². The molecule has 2 aromatic heterocycles. The van der Waals surface area contributed by atoms with Gasteiger partial charge in [-0.05, 0) is 43.9 Å². The van der Waals surface area contributed by atoms with E-state index in [9.17, 15) is 9.90 Å². The van der Waals surface area contributed by atoms with Crippen molar-refractivity contribution in [3.05, 3.63) is 53.6 Å². The van der Waals surface area contributed by atoms with Crippen molar-refractivity contribution in [2.24, 2.45) is 5.92 Å². The van der Waals surface area contributed by atoms with E-state index in [1.165, 1.54) is 0 Å². The summed E-state index contributed by atoms with van der Waals surface area (Å²) < 4.78 is 0. The minimum absolute atomic E-state index is 0.106. The summed E-state index contributed by atoms with van der Waals surface area (Å²) in [5.41, 5.74) is 2.34. The maximum Gasteiger partial charge on any atom is 0.253 e. The van der Waals surface area contributed by atoms with Crippen molar-refractivity contribution in [2.45, 2.75) is 31.9 Å². The van der Waals surface area contributed by atoms with Gasteiger partial charge < -0.3 is 15.4 Å². The zero-order valence-corrected chi connectivity index (χ0v) is 11.9. The van der Waals surface area contributed by atoms with E-state index in [1.807, 2.05) is 25.1 Å². The summed E-state index contributed by atoms with van der Waals surface area (Å²) in [4.78, 5) is 19.8. The molecular formula is C16H19N3O2. The zero-order chi connectivity index (χ0) is 14.8. The quantitative estimate of drug-likeness (QED) is 0.803. The lowest BCUT2D eigenvalue weighted by Gasteiger charge is -2.37. The second-order valence-corrected chi connectivity index (χ2v) is 5.61. The molecule has 0 spiro atoms. The number of pyridine rings is 1. The number of aryl methyl sites for hydroxylation is 1. The number of rotatable bonds is 4. The average Bonchev–Trinajstić information content (AvgIpc) is 2.89. The third-order valence-electron chi connectivity index (χ3n) is 4.11. The lowest BCUT2D eigenvalue weighted by molar-refractivity contribution is 0.0228. The molecule has 2 heterocycles. The van der Waals surface area contributed by atoms with E-state index in [4.69, 9.17) is 0 Å². The Labute approximate surface area is 123 Å². The van der Waals surface area contributed by atoms with Crippen LogP contribution in [0.2, 0.25) is 0 Å². The molecule has 3 rings (SSSR count). The second-order valence-electron chi connectivity index (χ2n) is 5.61. The molecule has 0 bridgehead atoms. The van der Waals surface area contributed by atoms with Gasteiger partial charge in [0.05, 0.1) is 23.4 Å². The summed E-state index contributed by atoms with van der Waals surface area (Å²) in [6.07, 6.45) is 4.63. The van der Waals surface area contributed by atoms with Crippen LogP contribution in [0.15, 0.2) is 36.7 Å². The summed E-state index contributed by atoms with van der Waals surface area (Å²) in [6, 6.07) is 7.30. The standard InChI is InChI=1S/C16H19N3O2/c1-10-13(5-7-17-10)16(21)19-15(11-8-12(20)9-11)14-4-2-3-6-18-14/h2-7,11-12,15,17,20H,8-9H2,1H3,(H,19,21). The number of carbonyl (C=O) groups is 1. The molecule has 2 aromatic rings. The van der Waals surface area contributed by atoms with E-state index in [-0.39, 0.29) is 24.0 Å². The van der Waals surface area contributed by atoms with Crippen LogP contribution in [-0.2, 0) is 0 Å². The van der Waals surface area contributed by atoms with E-state index in [0.717, 1.165) is 11.4 Å². The molecule has 1 aliphatic carbocycles. The third-order valence-corrected chi connectivity index (χ3v) is 4.11. The fourth-order valence-corrected chi connectivity index (χ4v) is 2.81. The van der Waals surface area contributed by atoms with Gasteiger partial charge in [0.1, 0.15) is 0 Å². The summed E-state index contributed by atoms with van der Waals surface area (Å²) in [5.74, 6) is 0.129. The molecule has 1 unspecified atom stereocenters. The predicted octanol–water partition coefficient (Wildman–Crippen LogP) is 1.96. The summed E-state index contributed by atoms with van der Waals surface area (Å²) >= 11 is 0. The van der Waals surface area contributed by atoms with Crippen LogP contribution in [0.1, 0.15) is 40.6 Å². The van der Waals surface area contributed by atoms with Gasteiger partial charge in [-0.1, -0.05) is 6.07 Å². The third kappa shape index (κ3) is 2.83. The van der Waals surface area contributed by atoms with Crippen LogP contribution in [-0.4, -0.2) is 27.1 Å². The highest BCUT2D eigenvalue weighted by Crippen LogP contribution is 2.37. The summed E-state index contributed by atoms with van der Waals surface area (Å²) in [6.45, 7) is 1.87. The Morgan fingerprint density at radius 2 is 2.24 bits per heavy atom. The molecular weight excluding hydrogens is 266 g/mol. The smallest absolute Gasteiger partial charge is 0.253 e. The van der Waals surface area contributed by atoms with E-state index < -0.39 is 0 Å². The van der Waals surface area contributed by atoms with Crippen LogP contribution >= 0.6 is 0 Å². The molecule has 1 aliphatic rings. The number of aromatic nitrogens is 2. The molecule has 0 aliphatic heterocycles. The van der Waals surface area contributed by atoms with E-state index in [2.05, 4.69) is 15.3 Å². The number of hydrogen-bond acceptors (Lipinski definition) is 3. The van der Waals surface area contributed by atoms with Gasteiger partial charge in [-0.2, -0.15) is 0 Å². The van der Waals surface area contributed by atoms with Gasteiger partial charge >= 0.3 is 0 Å². The number of amides is 1. The molecule has 21 heavy (non-hydrogen) atoms. The van der Waals surface area contributed by atoms with Gasteiger partial charge in [0.15, 0.2) is 0 Å². The topological polar surface area (TPSA) is 78.0 Å². The van der Waals surface area contributed by atoms with Gasteiger partial charge in [0.2, 0.25) is 0 Å². The van der Waals surface area contributed by atoms with E-state index in [1.54, 1.807) is 18.5 Å². The predicted molar refractivity (Wildman–Crippen MR) is 78.7 cm³/mol. The van der Waals surface area contributed by atoms with Crippen molar-refractivity contribution >= 4 is 5.91 Å². The monoisotopic (exact) mass is 285 g/mol. The Kier molecular flexibility index (Phi) is 3.75. The normalized spacial score (nSPS) is 22.4.